The topological polar surface area (TPSA) is 82.4 Å². The molecule has 3 aromatic rings. The van der Waals surface area contributed by atoms with Gasteiger partial charge in [0.1, 0.15) is 18.4 Å². The molecule has 2 aromatic carbocycles. The Balaban J connectivity index is 1.66. The highest BCUT2D eigenvalue weighted by Gasteiger charge is 2.24. The minimum Gasteiger partial charge on any atom is -0.492 e. The zero-order valence-electron chi connectivity index (χ0n) is 20.4. The van der Waals surface area contributed by atoms with Crippen molar-refractivity contribution in [3.05, 3.63) is 58.4 Å². The van der Waals surface area contributed by atoms with Crippen molar-refractivity contribution in [3.63, 3.8) is 0 Å². The number of ether oxygens (including phenoxy) is 3. The Morgan fingerprint density at radius 2 is 1.89 bits per heavy atom. The quantitative estimate of drug-likeness (QED) is 0.443. The Bertz CT molecular complexity index is 1240. The van der Waals surface area contributed by atoms with Crippen molar-refractivity contribution in [3.8, 4) is 5.75 Å². The summed E-state index contributed by atoms with van der Waals surface area (Å²) in [5.41, 5.74) is 2.37. The Morgan fingerprint density at radius 3 is 2.57 bits per heavy atom. The van der Waals surface area contributed by atoms with E-state index in [2.05, 4.69) is 9.89 Å². The van der Waals surface area contributed by atoms with Crippen LogP contribution in [0, 0.1) is 6.92 Å². The van der Waals surface area contributed by atoms with Crippen molar-refractivity contribution < 1.29 is 23.8 Å². The summed E-state index contributed by atoms with van der Waals surface area (Å²) < 4.78 is 19.1. The minimum absolute atomic E-state index is 0.355. The maximum atomic E-state index is 12.9. The van der Waals surface area contributed by atoms with Crippen LogP contribution in [0.5, 0.6) is 5.75 Å². The molecule has 0 saturated carbocycles. The highest BCUT2D eigenvalue weighted by Crippen LogP contribution is 2.27. The Morgan fingerprint density at radius 1 is 1.14 bits per heavy atom. The molecule has 1 atom stereocenters. The van der Waals surface area contributed by atoms with Crippen LogP contribution in [0.1, 0.15) is 35.3 Å². The van der Waals surface area contributed by atoms with Crippen molar-refractivity contribution in [1.29, 1.82) is 0 Å². The number of rotatable bonds is 8. The van der Waals surface area contributed by atoms with Crippen LogP contribution < -0.4 is 9.54 Å². The van der Waals surface area contributed by atoms with E-state index in [1.165, 1.54) is 18.4 Å². The Hall–Kier alpha value is -3.01. The van der Waals surface area contributed by atoms with E-state index < -0.39 is 6.04 Å². The predicted octanol–water partition coefficient (Wildman–Crippen LogP) is 3.59. The molecule has 0 aliphatic carbocycles. The molecule has 2 heterocycles. The van der Waals surface area contributed by atoms with Gasteiger partial charge in [0.15, 0.2) is 4.80 Å². The third kappa shape index (κ3) is 5.98. The van der Waals surface area contributed by atoms with Gasteiger partial charge in [-0.2, -0.15) is 4.99 Å². The molecule has 9 heteroatoms. The summed E-state index contributed by atoms with van der Waals surface area (Å²) in [6.45, 7) is 8.62. The van der Waals surface area contributed by atoms with Gasteiger partial charge in [0.2, 0.25) is 0 Å². The van der Waals surface area contributed by atoms with Gasteiger partial charge < -0.3 is 18.8 Å². The molecule has 8 nitrogen and oxygen atoms in total. The summed E-state index contributed by atoms with van der Waals surface area (Å²) >= 11 is 1.36. The maximum Gasteiger partial charge on any atom is 0.328 e. The van der Waals surface area contributed by atoms with Crippen LogP contribution in [0.15, 0.2) is 47.5 Å². The van der Waals surface area contributed by atoms with Crippen LogP contribution in [-0.2, 0) is 14.3 Å². The highest BCUT2D eigenvalue weighted by atomic mass is 32.1. The number of benzene rings is 2. The summed E-state index contributed by atoms with van der Waals surface area (Å²) in [5.74, 6) is 0.0102. The van der Waals surface area contributed by atoms with E-state index in [-0.39, 0.29) is 11.9 Å². The second-order valence-corrected chi connectivity index (χ2v) is 9.43. The molecular weight excluding hydrogens is 466 g/mol. The van der Waals surface area contributed by atoms with E-state index in [0.29, 0.717) is 23.4 Å². The van der Waals surface area contributed by atoms with E-state index in [0.717, 1.165) is 54.4 Å². The largest absolute Gasteiger partial charge is 0.492 e. The number of thiazole rings is 1. The number of carbonyl (C=O) groups excluding carboxylic acids is 2. The third-order valence-corrected chi connectivity index (χ3v) is 7.06. The number of esters is 1. The van der Waals surface area contributed by atoms with Crippen molar-refractivity contribution in [2.24, 2.45) is 4.99 Å². The lowest BCUT2D eigenvalue weighted by molar-refractivity contribution is -0.144. The number of morpholine rings is 1. The molecule has 0 spiro atoms. The monoisotopic (exact) mass is 497 g/mol. The number of hydrogen-bond acceptors (Lipinski definition) is 7. The fourth-order valence-electron chi connectivity index (χ4n) is 4.05. The van der Waals surface area contributed by atoms with Gasteiger partial charge >= 0.3 is 5.97 Å². The molecular formula is C26H31N3O5S. The first-order valence-electron chi connectivity index (χ1n) is 11.8. The van der Waals surface area contributed by atoms with Gasteiger partial charge in [-0.1, -0.05) is 36.0 Å². The van der Waals surface area contributed by atoms with Gasteiger partial charge in [0.05, 0.1) is 30.5 Å². The van der Waals surface area contributed by atoms with Crippen molar-refractivity contribution in [2.75, 3.05) is 46.6 Å². The zero-order valence-corrected chi connectivity index (χ0v) is 21.2. The van der Waals surface area contributed by atoms with Crippen LogP contribution in [0.2, 0.25) is 0 Å². The lowest BCUT2D eigenvalue weighted by Crippen LogP contribution is -2.38. The Labute approximate surface area is 208 Å². The summed E-state index contributed by atoms with van der Waals surface area (Å²) in [7, 11) is 1.37. The van der Waals surface area contributed by atoms with Crippen molar-refractivity contribution in [1.82, 2.24) is 9.47 Å². The van der Waals surface area contributed by atoms with E-state index in [1.54, 1.807) is 16.7 Å². The summed E-state index contributed by atoms with van der Waals surface area (Å²) in [4.78, 5) is 32.7. The molecule has 1 unspecified atom stereocenters. The molecule has 1 aliphatic heterocycles. The summed E-state index contributed by atoms with van der Waals surface area (Å²) in [5, 5.41) is 0. The van der Waals surface area contributed by atoms with Gasteiger partial charge in [-0.05, 0) is 43.7 Å². The molecule has 186 valence electrons. The second-order valence-electron chi connectivity index (χ2n) is 8.42. The van der Waals surface area contributed by atoms with E-state index in [4.69, 9.17) is 14.2 Å². The maximum absolute atomic E-state index is 12.9. The third-order valence-electron chi connectivity index (χ3n) is 6.05. The van der Waals surface area contributed by atoms with Crippen LogP contribution in [0.4, 0.5) is 0 Å². The van der Waals surface area contributed by atoms with Crippen molar-refractivity contribution >= 4 is 33.4 Å². The summed E-state index contributed by atoms with van der Waals surface area (Å²) in [6, 6.07) is 12.4. The molecule has 1 aliphatic rings. The highest BCUT2D eigenvalue weighted by molar-refractivity contribution is 7.16. The number of methoxy groups -OCH3 is 1. The molecule has 4 rings (SSSR count). The Kier molecular flexibility index (Phi) is 8.33. The smallest absolute Gasteiger partial charge is 0.328 e. The molecule has 1 aromatic heterocycles. The standard InChI is InChI=1S/C26H31N3O5S/c1-4-21(25(31)32-3)29-22-10-9-20(34-16-13-28-11-14-33-15-12-28)17-23(22)35-26(29)27-24(30)19-7-5-18(2)6-8-19/h5-10,17,21H,4,11-16H2,1-3H3/b27-26-. The number of nitrogens with zero attached hydrogens (tertiary/aromatic N) is 3. The fourth-order valence-corrected chi connectivity index (χ4v) is 5.14. The van der Waals surface area contributed by atoms with Gasteiger partial charge in [-0.3, -0.25) is 9.69 Å². The number of hydrogen-bond donors (Lipinski definition) is 0. The molecule has 0 N–H and O–H groups in total. The van der Waals surface area contributed by atoms with Gasteiger partial charge in [0, 0.05) is 25.2 Å². The van der Waals surface area contributed by atoms with Crippen LogP contribution >= 0.6 is 11.3 Å². The average Bonchev–Trinajstić information content (AvgIpc) is 3.22. The summed E-state index contributed by atoms with van der Waals surface area (Å²) in [6.07, 6.45) is 0.502. The molecule has 0 radical (unpaired) electrons. The number of amides is 1. The zero-order chi connectivity index (χ0) is 24.8. The molecule has 1 fully saturated rings. The number of aromatic nitrogens is 1. The molecule has 0 bridgehead atoms. The van der Waals surface area contributed by atoms with E-state index in [9.17, 15) is 9.59 Å². The van der Waals surface area contributed by atoms with Gasteiger partial charge in [0.25, 0.3) is 5.91 Å². The number of fused-ring (bicyclic) bond motifs is 1. The van der Waals surface area contributed by atoms with Crippen LogP contribution in [0.25, 0.3) is 10.2 Å². The normalized spacial score (nSPS) is 15.8. The first-order chi connectivity index (χ1) is 17.0. The molecule has 35 heavy (non-hydrogen) atoms. The predicted molar refractivity (Wildman–Crippen MR) is 135 cm³/mol. The average molecular weight is 498 g/mol. The number of aryl methyl sites for hydroxylation is 1. The first kappa shape index (κ1) is 25.1. The van der Waals surface area contributed by atoms with Gasteiger partial charge in [-0.15, -0.1) is 0 Å². The minimum atomic E-state index is -0.591. The first-order valence-corrected chi connectivity index (χ1v) is 12.6. The molecule has 1 saturated heterocycles. The van der Waals surface area contributed by atoms with Gasteiger partial charge in [-0.25, -0.2) is 4.79 Å². The lowest BCUT2D eigenvalue weighted by atomic mass is 10.1. The fraction of sp³-hybridized carbons (Fsp3) is 0.423. The van der Waals surface area contributed by atoms with E-state index in [1.807, 2.05) is 44.2 Å². The lowest BCUT2D eigenvalue weighted by Gasteiger charge is -2.26. The number of carbonyl (C=O) groups is 2. The molecule has 1 amide bonds. The van der Waals surface area contributed by atoms with Crippen molar-refractivity contribution in [2.45, 2.75) is 26.3 Å². The SMILES string of the molecule is CCC(C(=O)OC)n1/c(=N/C(=O)c2ccc(C)cc2)sc2cc(OCCN3CCOCC3)ccc21. The van der Waals surface area contributed by atoms with Crippen LogP contribution in [0.3, 0.4) is 0 Å². The second kappa shape index (κ2) is 11.6. The van der Waals surface area contributed by atoms with E-state index >= 15 is 0 Å². The van der Waals surface area contributed by atoms with Crippen LogP contribution in [-0.4, -0.2) is 67.9 Å².